The topological polar surface area (TPSA) is 108 Å². The van der Waals surface area contributed by atoms with Crippen LogP contribution < -0.4 is 15.4 Å². The molecule has 1 atom stereocenters. The SMILES string of the molecule is CC(O)(CNC(=O)Nc1cccc(OCCF)c1)C(=O)O. The Morgan fingerprint density at radius 3 is 2.76 bits per heavy atom. The molecule has 0 radical (unpaired) electrons. The van der Waals surface area contributed by atoms with E-state index in [4.69, 9.17) is 9.84 Å². The molecule has 0 fully saturated rings. The number of hydrogen-bond acceptors (Lipinski definition) is 4. The maximum atomic E-state index is 12.0. The number of carboxylic acid groups (broad SMARTS) is 1. The number of carbonyl (C=O) groups excluding carboxylic acids is 1. The molecular formula is C13H17FN2O5. The van der Waals surface area contributed by atoms with E-state index >= 15 is 0 Å². The third-order valence-electron chi connectivity index (χ3n) is 2.49. The lowest BCUT2D eigenvalue weighted by Gasteiger charge is -2.18. The van der Waals surface area contributed by atoms with Crippen LogP contribution in [0.5, 0.6) is 5.75 Å². The van der Waals surface area contributed by atoms with Gasteiger partial charge in [0.15, 0.2) is 5.60 Å². The molecule has 0 saturated carbocycles. The molecule has 0 aliphatic carbocycles. The average molecular weight is 300 g/mol. The molecule has 0 saturated heterocycles. The Balaban J connectivity index is 2.53. The Labute approximate surface area is 120 Å². The van der Waals surface area contributed by atoms with Gasteiger partial charge in [-0.05, 0) is 19.1 Å². The van der Waals surface area contributed by atoms with Crippen LogP contribution in [-0.2, 0) is 4.79 Å². The lowest BCUT2D eigenvalue weighted by molar-refractivity contribution is -0.155. The van der Waals surface area contributed by atoms with Crippen molar-refractivity contribution in [1.29, 1.82) is 0 Å². The fourth-order valence-corrected chi connectivity index (χ4v) is 1.32. The molecule has 0 aliphatic rings. The number of halogens is 1. The van der Waals surface area contributed by atoms with Gasteiger partial charge in [0.2, 0.25) is 0 Å². The van der Waals surface area contributed by atoms with E-state index in [0.29, 0.717) is 11.4 Å². The summed E-state index contributed by atoms with van der Waals surface area (Å²) in [7, 11) is 0. The number of amides is 2. The monoisotopic (exact) mass is 300 g/mol. The second-order valence-corrected chi connectivity index (χ2v) is 4.45. The van der Waals surface area contributed by atoms with Gasteiger partial charge in [0.05, 0.1) is 6.54 Å². The van der Waals surface area contributed by atoms with Crippen LogP contribution in [0.15, 0.2) is 24.3 Å². The molecule has 0 aromatic heterocycles. The summed E-state index contributed by atoms with van der Waals surface area (Å²) in [5.74, 6) is -1.05. The molecule has 1 aromatic rings. The number of carboxylic acids is 1. The molecule has 0 heterocycles. The van der Waals surface area contributed by atoms with Crippen LogP contribution in [0.4, 0.5) is 14.9 Å². The van der Waals surface area contributed by atoms with Gasteiger partial charge in [0.1, 0.15) is 19.0 Å². The van der Waals surface area contributed by atoms with E-state index < -0.39 is 30.8 Å². The highest BCUT2D eigenvalue weighted by atomic mass is 19.1. The third kappa shape index (κ3) is 5.65. The van der Waals surface area contributed by atoms with Gasteiger partial charge in [0.25, 0.3) is 0 Å². The second kappa shape index (κ2) is 7.44. The van der Waals surface area contributed by atoms with Crippen LogP contribution in [0.3, 0.4) is 0 Å². The van der Waals surface area contributed by atoms with E-state index in [1.807, 2.05) is 0 Å². The Bertz CT molecular complexity index is 507. The number of nitrogens with one attached hydrogen (secondary N) is 2. The summed E-state index contributed by atoms with van der Waals surface area (Å²) < 4.78 is 17.0. The average Bonchev–Trinajstić information content (AvgIpc) is 2.43. The number of benzene rings is 1. The first kappa shape index (κ1) is 16.7. The molecule has 7 nitrogen and oxygen atoms in total. The minimum atomic E-state index is -2.05. The molecule has 1 rings (SSSR count). The van der Waals surface area contributed by atoms with Gasteiger partial charge in [-0.2, -0.15) is 0 Å². The van der Waals surface area contributed by atoms with Crippen molar-refractivity contribution >= 4 is 17.7 Å². The standard InChI is InChI=1S/C13H17FN2O5/c1-13(20,11(17)18)8-15-12(19)16-9-3-2-4-10(7-9)21-6-5-14/h2-4,7,20H,5-6,8H2,1H3,(H,17,18)(H2,15,16,19). The zero-order chi connectivity index (χ0) is 15.9. The molecule has 0 bridgehead atoms. The fourth-order valence-electron chi connectivity index (χ4n) is 1.32. The maximum absolute atomic E-state index is 12.0. The molecule has 116 valence electrons. The van der Waals surface area contributed by atoms with Crippen LogP contribution in [0.2, 0.25) is 0 Å². The van der Waals surface area contributed by atoms with E-state index in [-0.39, 0.29) is 6.61 Å². The lowest BCUT2D eigenvalue weighted by atomic mass is 10.1. The third-order valence-corrected chi connectivity index (χ3v) is 2.49. The van der Waals surface area contributed by atoms with Gasteiger partial charge < -0.3 is 25.6 Å². The molecule has 4 N–H and O–H groups in total. The minimum Gasteiger partial charge on any atom is -0.491 e. The predicted octanol–water partition coefficient (Wildman–Crippen LogP) is 0.992. The van der Waals surface area contributed by atoms with Crippen LogP contribution in [-0.4, -0.2) is 47.6 Å². The molecule has 1 unspecified atom stereocenters. The van der Waals surface area contributed by atoms with Crippen molar-refractivity contribution in [2.45, 2.75) is 12.5 Å². The number of carbonyl (C=O) groups is 2. The van der Waals surface area contributed by atoms with Gasteiger partial charge in [0, 0.05) is 11.8 Å². The normalized spacial score (nSPS) is 13.1. The summed E-state index contributed by atoms with van der Waals surface area (Å²) in [6.45, 7) is -0.0905. The van der Waals surface area contributed by atoms with E-state index in [2.05, 4.69) is 10.6 Å². The first-order valence-electron chi connectivity index (χ1n) is 6.14. The first-order valence-corrected chi connectivity index (χ1v) is 6.14. The van der Waals surface area contributed by atoms with Crippen LogP contribution >= 0.6 is 0 Å². The van der Waals surface area contributed by atoms with E-state index in [9.17, 15) is 19.1 Å². The van der Waals surface area contributed by atoms with Gasteiger partial charge in [-0.1, -0.05) is 6.07 Å². The highest BCUT2D eigenvalue weighted by molar-refractivity contribution is 5.90. The zero-order valence-corrected chi connectivity index (χ0v) is 11.4. The summed E-state index contributed by atoms with van der Waals surface area (Å²) in [6.07, 6.45) is 0. The fraction of sp³-hybridized carbons (Fsp3) is 0.385. The summed E-state index contributed by atoms with van der Waals surface area (Å²) in [5, 5.41) is 22.8. The highest BCUT2D eigenvalue weighted by Gasteiger charge is 2.30. The smallest absolute Gasteiger partial charge is 0.337 e. The van der Waals surface area contributed by atoms with Gasteiger partial charge in [-0.25, -0.2) is 14.0 Å². The second-order valence-electron chi connectivity index (χ2n) is 4.45. The number of aliphatic carboxylic acids is 1. The van der Waals surface area contributed by atoms with Crippen molar-refractivity contribution in [3.63, 3.8) is 0 Å². The summed E-state index contributed by atoms with van der Waals surface area (Å²) in [5.41, 5.74) is -1.66. The van der Waals surface area contributed by atoms with E-state index in [1.54, 1.807) is 18.2 Å². The molecule has 2 amide bonds. The molecular weight excluding hydrogens is 283 g/mol. The number of anilines is 1. The van der Waals surface area contributed by atoms with Gasteiger partial charge in [-0.15, -0.1) is 0 Å². The largest absolute Gasteiger partial charge is 0.491 e. The highest BCUT2D eigenvalue weighted by Crippen LogP contribution is 2.17. The van der Waals surface area contributed by atoms with E-state index in [0.717, 1.165) is 6.92 Å². The van der Waals surface area contributed by atoms with Crippen molar-refractivity contribution < 1.29 is 28.9 Å². The summed E-state index contributed by atoms with van der Waals surface area (Å²) >= 11 is 0. The van der Waals surface area contributed by atoms with Gasteiger partial charge >= 0.3 is 12.0 Å². The van der Waals surface area contributed by atoms with Crippen LogP contribution in [0.1, 0.15) is 6.92 Å². The van der Waals surface area contributed by atoms with Gasteiger partial charge in [-0.3, -0.25) is 0 Å². The molecule has 0 aliphatic heterocycles. The first-order chi connectivity index (χ1) is 9.85. The molecule has 8 heteroatoms. The van der Waals surface area contributed by atoms with E-state index in [1.165, 1.54) is 6.07 Å². The van der Waals surface area contributed by atoms with Crippen LogP contribution in [0, 0.1) is 0 Å². The van der Waals surface area contributed by atoms with Crippen molar-refractivity contribution in [2.24, 2.45) is 0 Å². The van der Waals surface area contributed by atoms with Crippen molar-refractivity contribution in [1.82, 2.24) is 5.32 Å². The minimum absolute atomic E-state index is 0.0862. The molecule has 21 heavy (non-hydrogen) atoms. The Kier molecular flexibility index (Phi) is 5.92. The number of aliphatic hydroxyl groups is 1. The lowest BCUT2D eigenvalue weighted by Crippen LogP contribution is -2.47. The maximum Gasteiger partial charge on any atom is 0.337 e. The Morgan fingerprint density at radius 2 is 2.14 bits per heavy atom. The molecule has 1 aromatic carbocycles. The van der Waals surface area contributed by atoms with Crippen LogP contribution in [0.25, 0.3) is 0 Å². The number of alkyl halides is 1. The number of hydrogen-bond donors (Lipinski definition) is 4. The number of rotatable bonds is 7. The zero-order valence-electron chi connectivity index (χ0n) is 11.4. The molecule has 0 spiro atoms. The Hall–Kier alpha value is -2.35. The quantitative estimate of drug-likeness (QED) is 0.600. The summed E-state index contributed by atoms with van der Waals surface area (Å²) in [6, 6.07) is 5.60. The number of urea groups is 1. The Morgan fingerprint density at radius 1 is 1.43 bits per heavy atom. The number of ether oxygens (including phenoxy) is 1. The predicted molar refractivity (Wildman–Crippen MR) is 73.2 cm³/mol. The van der Waals surface area contributed by atoms with Crippen molar-refractivity contribution in [3.05, 3.63) is 24.3 Å². The summed E-state index contributed by atoms with van der Waals surface area (Å²) in [4.78, 5) is 22.2. The van der Waals surface area contributed by atoms with Crippen molar-refractivity contribution in [3.8, 4) is 5.75 Å². The van der Waals surface area contributed by atoms with Crippen molar-refractivity contribution in [2.75, 3.05) is 25.1 Å².